The van der Waals surface area contributed by atoms with Crippen molar-refractivity contribution in [3.8, 4) is 11.4 Å². The number of nitrogens with zero attached hydrogens (tertiary/aromatic N) is 8. The van der Waals surface area contributed by atoms with E-state index < -0.39 is 5.97 Å². The summed E-state index contributed by atoms with van der Waals surface area (Å²) in [6.07, 6.45) is 0.435. The molecular weight excluding hydrogens is 288 g/mol. The number of carboxylic acid groups (broad SMARTS) is 1. The van der Waals surface area contributed by atoms with Crippen molar-refractivity contribution in [2.24, 2.45) is 0 Å². The van der Waals surface area contributed by atoms with Gasteiger partial charge in [-0.25, -0.2) is 0 Å². The van der Waals surface area contributed by atoms with Gasteiger partial charge in [-0.2, -0.15) is 9.59 Å². The highest BCUT2D eigenvalue weighted by molar-refractivity contribution is 5.66. The molecule has 0 atom stereocenters. The molecule has 10 heteroatoms. The van der Waals surface area contributed by atoms with E-state index in [4.69, 9.17) is 5.11 Å². The molecule has 3 rings (SSSR count). The molecule has 0 aliphatic heterocycles. The molecule has 0 aliphatic carbocycles. The largest absolute Gasteiger partial charge is 0.480 e. The summed E-state index contributed by atoms with van der Waals surface area (Å²) in [7, 11) is 0. The van der Waals surface area contributed by atoms with Gasteiger partial charge in [-0.3, -0.25) is 4.79 Å². The Morgan fingerprint density at radius 1 is 1.05 bits per heavy atom. The van der Waals surface area contributed by atoms with Gasteiger partial charge in [0, 0.05) is 12.0 Å². The predicted octanol–water partition coefficient (Wildman–Crippen LogP) is -0.346. The van der Waals surface area contributed by atoms with Gasteiger partial charge in [-0.1, -0.05) is 30.3 Å². The first-order valence-corrected chi connectivity index (χ1v) is 6.52. The number of rotatable bonds is 6. The molecule has 1 N–H and O–H groups in total. The van der Waals surface area contributed by atoms with Crippen LogP contribution in [0.2, 0.25) is 0 Å². The highest BCUT2D eigenvalue weighted by Crippen LogP contribution is 2.11. The molecule has 0 aliphatic rings. The van der Waals surface area contributed by atoms with Crippen molar-refractivity contribution >= 4 is 5.97 Å². The van der Waals surface area contributed by atoms with Gasteiger partial charge in [0.2, 0.25) is 5.82 Å². The summed E-state index contributed by atoms with van der Waals surface area (Å²) < 4.78 is 0. The SMILES string of the molecule is O=C(O)Cn1nnc(CCn2nnc(-c3ccccc3)n2)n1. The van der Waals surface area contributed by atoms with Gasteiger partial charge in [0.25, 0.3) is 0 Å². The monoisotopic (exact) mass is 300 g/mol. The third-order valence-corrected chi connectivity index (χ3v) is 2.79. The molecule has 3 aromatic rings. The van der Waals surface area contributed by atoms with Gasteiger partial charge in [-0.15, -0.1) is 20.4 Å². The van der Waals surface area contributed by atoms with Crippen molar-refractivity contribution in [3.63, 3.8) is 0 Å². The Morgan fingerprint density at radius 3 is 2.59 bits per heavy atom. The Labute approximate surface area is 124 Å². The van der Waals surface area contributed by atoms with Crippen molar-refractivity contribution in [2.75, 3.05) is 0 Å². The number of hydrogen-bond acceptors (Lipinski definition) is 7. The summed E-state index contributed by atoms with van der Waals surface area (Å²) >= 11 is 0. The third-order valence-electron chi connectivity index (χ3n) is 2.79. The minimum absolute atomic E-state index is 0.313. The zero-order chi connectivity index (χ0) is 15.4. The van der Waals surface area contributed by atoms with Crippen LogP contribution in [0.25, 0.3) is 11.4 Å². The summed E-state index contributed by atoms with van der Waals surface area (Å²) in [5.41, 5.74) is 0.888. The lowest BCUT2D eigenvalue weighted by atomic mass is 10.2. The Balaban J connectivity index is 1.61. The second-order valence-corrected chi connectivity index (χ2v) is 4.45. The van der Waals surface area contributed by atoms with Crippen LogP contribution in [0.4, 0.5) is 0 Å². The highest BCUT2D eigenvalue weighted by atomic mass is 16.4. The van der Waals surface area contributed by atoms with E-state index in [2.05, 4.69) is 30.8 Å². The zero-order valence-corrected chi connectivity index (χ0v) is 11.4. The number of aliphatic carboxylic acids is 1. The molecule has 0 amide bonds. The fourth-order valence-corrected chi connectivity index (χ4v) is 1.81. The highest BCUT2D eigenvalue weighted by Gasteiger charge is 2.08. The Bertz CT molecular complexity index is 766. The lowest BCUT2D eigenvalue weighted by Gasteiger charge is -1.95. The molecule has 0 fully saturated rings. The Morgan fingerprint density at radius 2 is 1.82 bits per heavy atom. The summed E-state index contributed by atoms with van der Waals surface area (Å²) in [4.78, 5) is 13.0. The molecule has 0 saturated carbocycles. The second kappa shape index (κ2) is 6.08. The van der Waals surface area contributed by atoms with Gasteiger partial charge in [0.1, 0.15) is 0 Å². The van der Waals surface area contributed by atoms with Crippen LogP contribution in [0.5, 0.6) is 0 Å². The summed E-state index contributed by atoms with van der Waals surface area (Å²) in [6.45, 7) is 0.116. The molecule has 0 unspecified atom stereocenters. The number of carbonyl (C=O) groups is 1. The quantitative estimate of drug-likeness (QED) is 0.655. The van der Waals surface area contributed by atoms with Crippen molar-refractivity contribution in [1.82, 2.24) is 40.4 Å². The van der Waals surface area contributed by atoms with Gasteiger partial charge < -0.3 is 5.11 Å². The molecular formula is C12H12N8O2. The van der Waals surface area contributed by atoms with Crippen LogP contribution >= 0.6 is 0 Å². The molecule has 2 heterocycles. The number of aryl methyl sites for hydroxylation is 2. The van der Waals surface area contributed by atoms with Crippen LogP contribution in [0.15, 0.2) is 30.3 Å². The molecule has 22 heavy (non-hydrogen) atoms. The predicted molar refractivity (Wildman–Crippen MR) is 72.4 cm³/mol. The molecule has 2 aromatic heterocycles. The fourth-order valence-electron chi connectivity index (χ4n) is 1.81. The minimum Gasteiger partial charge on any atom is -0.480 e. The molecule has 0 radical (unpaired) electrons. The Kier molecular flexibility index (Phi) is 3.81. The summed E-state index contributed by atoms with van der Waals surface area (Å²) in [5.74, 6) is -0.0442. The van der Waals surface area contributed by atoms with Gasteiger partial charge in [0.05, 0.1) is 6.54 Å². The van der Waals surface area contributed by atoms with Crippen molar-refractivity contribution < 1.29 is 9.90 Å². The maximum atomic E-state index is 10.5. The fraction of sp³-hybridized carbons (Fsp3) is 0.250. The average Bonchev–Trinajstić information content (AvgIpc) is 3.15. The van der Waals surface area contributed by atoms with Gasteiger partial charge >= 0.3 is 5.97 Å². The number of hydrogen-bond donors (Lipinski definition) is 1. The van der Waals surface area contributed by atoms with Crippen LogP contribution in [0, 0.1) is 0 Å². The smallest absolute Gasteiger partial charge is 0.327 e. The van der Waals surface area contributed by atoms with Crippen molar-refractivity contribution in [3.05, 3.63) is 36.2 Å². The van der Waals surface area contributed by atoms with Crippen molar-refractivity contribution in [2.45, 2.75) is 19.5 Å². The Hall–Kier alpha value is -3.17. The van der Waals surface area contributed by atoms with E-state index in [9.17, 15) is 4.79 Å². The van der Waals surface area contributed by atoms with E-state index in [1.165, 1.54) is 4.80 Å². The van der Waals surface area contributed by atoms with Gasteiger partial charge in [0.15, 0.2) is 12.4 Å². The molecule has 0 spiro atoms. The summed E-state index contributed by atoms with van der Waals surface area (Å²) in [6, 6.07) is 9.53. The van der Waals surface area contributed by atoms with E-state index >= 15 is 0 Å². The lowest BCUT2D eigenvalue weighted by Crippen LogP contribution is -2.12. The van der Waals surface area contributed by atoms with Crippen LogP contribution < -0.4 is 0 Å². The average molecular weight is 300 g/mol. The molecule has 1 aromatic carbocycles. The lowest BCUT2D eigenvalue weighted by molar-refractivity contribution is -0.138. The van der Waals surface area contributed by atoms with E-state index in [0.29, 0.717) is 24.6 Å². The third kappa shape index (κ3) is 3.29. The van der Waals surface area contributed by atoms with Gasteiger partial charge in [-0.05, 0) is 10.4 Å². The van der Waals surface area contributed by atoms with Crippen LogP contribution in [-0.2, 0) is 24.3 Å². The zero-order valence-electron chi connectivity index (χ0n) is 11.4. The van der Waals surface area contributed by atoms with Crippen LogP contribution in [0.3, 0.4) is 0 Å². The first kappa shape index (κ1) is 13.8. The molecule has 0 saturated heterocycles. The molecule has 0 bridgehead atoms. The number of benzene rings is 1. The van der Waals surface area contributed by atoms with Crippen LogP contribution in [0.1, 0.15) is 5.82 Å². The standard InChI is InChI=1S/C12H12N8O2/c21-11(22)8-20-15-10(13-17-20)6-7-19-16-12(14-18-19)9-4-2-1-3-5-9/h1-5H,6-8H2,(H,21,22). The topological polar surface area (TPSA) is 124 Å². The summed E-state index contributed by atoms with van der Waals surface area (Å²) in [5, 5.41) is 32.2. The normalized spacial score (nSPS) is 10.7. The van der Waals surface area contributed by atoms with E-state index in [1.54, 1.807) is 0 Å². The first-order chi connectivity index (χ1) is 10.7. The number of carboxylic acids is 1. The maximum Gasteiger partial charge on any atom is 0.327 e. The first-order valence-electron chi connectivity index (χ1n) is 6.52. The maximum absolute atomic E-state index is 10.5. The minimum atomic E-state index is -1.02. The second-order valence-electron chi connectivity index (χ2n) is 4.45. The van der Waals surface area contributed by atoms with Crippen LogP contribution in [-0.4, -0.2) is 51.5 Å². The van der Waals surface area contributed by atoms with E-state index in [0.717, 1.165) is 10.4 Å². The van der Waals surface area contributed by atoms with E-state index in [-0.39, 0.29) is 6.54 Å². The molecule has 10 nitrogen and oxygen atoms in total. The number of tetrazole rings is 2. The number of aromatic nitrogens is 8. The van der Waals surface area contributed by atoms with Crippen molar-refractivity contribution in [1.29, 1.82) is 0 Å². The van der Waals surface area contributed by atoms with E-state index in [1.807, 2.05) is 30.3 Å². The molecule has 112 valence electrons.